The molecule has 3 fully saturated rings. The minimum Gasteiger partial charge on any atom is -0.507 e. The van der Waals surface area contributed by atoms with Gasteiger partial charge in [0.25, 0.3) is 5.91 Å². The number of hydrogen-bond acceptors (Lipinski definition) is 8. The number of likely N-dealkylation sites (tertiary alicyclic amines) is 1. The highest BCUT2D eigenvalue weighted by Crippen LogP contribution is 2.27. The lowest BCUT2D eigenvalue weighted by Crippen LogP contribution is -2.56. The Labute approximate surface area is 282 Å². The number of ether oxygens (including phenoxy) is 1. The van der Waals surface area contributed by atoms with Crippen LogP contribution in [0.3, 0.4) is 0 Å². The molecule has 0 aromatic heterocycles. The zero-order valence-corrected chi connectivity index (χ0v) is 28.7. The molecule has 48 heavy (non-hydrogen) atoms. The third-order valence-corrected chi connectivity index (χ3v) is 12.2. The van der Waals surface area contributed by atoms with Crippen molar-refractivity contribution in [2.24, 2.45) is 0 Å². The van der Waals surface area contributed by atoms with Crippen molar-refractivity contribution in [3.8, 4) is 5.75 Å². The van der Waals surface area contributed by atoms with Crippen molar-refractivity contribution < 1.29 is 32.6 Å². The van der Waals surface area contributed by atoms with Gasteiger partial charge in [-0.3, -0.25) is 9.69 Å². The minimum absolute atomic E-state index is 0.00990. The van der Waals surface area contributed by atoms with E-state index in [1.165, 1.54) is 0 Å². The fourth-order valence-corrected chi connectivity index (χ4v) is 9.07. The van der Waals surface area contributed by atoms with Gasteiger partial charge in [0.2, 0.25) is 0 Å². The molecular formula is C35H47N5O7S. The molecule has 4 amide bonds. The van der Waals surface area contributed by atoms with Crippen LogP contribution in [0, 0.1) is 13.8 Å². The van der Waals surface area contributed by atoms with Gasteiger partial charge in [0.1, 0.15) is 15.6 Å². The van der Waals surface area contributed by atoms with E-state index in [9.17, 15) is 27.9 Å². The molecule has 6 rings (SSSR count). The summed E-state index contributed by atoms with van der Waals surface area (Å²) in [7, 11) is -2.95. The van der Waals surface area contributed by atoms with Gasteiger partial charge in [-0.05, 0) is 74.3 Å². The average molecular weight is 682 g/mol. The highest BCUT2D eigenvalue weighted by atomic mass is 32.2. The number of benzene rings is 2. The van der Waals surface area contributed by atoms with Crippen molar-refractivity contribution >= 4 is 33.6 Å². The van der Waals surface area contributed by atoms with Crippen LogP contribution in [0.15, 0.2) is 36.4 Å². The Bertz CT molecular complexity index is 1600. The first-order valence-corrected chi connectivity index (χ1v) is 18.9. The van der Waals surface area contributed by atoms with Crippen molar-refractivity contribution in [3.05, 3.63) is 58.7 Å². The fraction of sp³-hybridized carbons (Fsp3) is 0.571. The van der Waals surface area contributed by atoms with Crippen LogP contribution < -0.4 is 5.32 Å². The van der Waals surface area contributed by atoms with Gasteiger partial charge in [0.05, 0.1) is 11.5 Å². The Balaban J connectivity index is 1.08. The highest BCUT2D eigenvalue weighted by molar-refractivity contribution is 7.91. The second kappa shape index (κ2) is 14.3. The average Bonchev–Trinajstić information content (AvgIpc) is 3.24. The number of anilines is 1. The summed E-state index contributed by atoms with van der Waals surface area (Å²) in [5.74, 6) is 0.358. The number of para-hydroxylation sites is 1. The third kappa shape index (κ3) is 7.72. The molecule has 0 radical (unpaired) electrons. The third-order valence-electron chi connectivity index (χ3n) is 10.5. The van der Waals surface area contributed by atoms with Gasteiger partial charge < -0.3 is 29.9 Å². The molecule has 4 aliphatic rings. The SMILES string of the molecule is Cc1cc(CC(OC(=O)N2CCC(N3CCc4ccccc4NC3=O)CC2)C(=O)N2CCN(C3CCS(=O)(=O)CC3)CC2)cc(C)c1O. The summed E-state index contributed by atoms with van der Waals surface area (Å²) in [4.78, 5) is 48.1. The molecule has 1 atom stereocenters. The predicted molar refractivity (Wildman–Crippen MR) is 182 cm³/mol. The number of hydrogen-bond donors (Lipinski definition) is 2. The summed E-state index contributed by atoms with van der Waals surface area (Å²) < 4.78 is 29.8. The number of carbonyl (C=O) groups is 3. The van der Waals surface area contributed by atoms with Crippen molar-refractivity contribution in [2.75, 3.05) is 62.6 Å². The van der Waals surface area contributed by atoms with Crippen LogP contribution in [-0.4, -0.2) is 127 Å². The minimum atomic E-state index is -2.95. The summed E-state index contributed by atoms with van der Waals surface area (Å²) in [5, 5.41) is 13.3. The molecule has 2 aromatic carbocycles. The van der Waals surface area contributed by atoms with Crippen LogP contribution in [0.1, 0.15) is 47.9 Å². The van der Waals surface area contributed by atoms with E-state index in [2.05, 4.69) is 10.2 Å². The number of nitrogens with zero attached hydrogens (tertiary/aromatic N) is 4. The van der Waals surface area contributed by atoms with Gasteiger partial charge in [-0.2, -0.15) is 0 Å². The van der Waals surface area contributed by atoms with Gasteiger partial charge in [-0.1, -0.05) is 30.3 Å². The quantitative estimate of drug-likeness (QED) is 0.474. The van der Waals surface area contributed by atoms with Crippen LogP contribution in [0.5, 0.6) is 5.75 Å². The molecule has 1 unspecified atom stereocenters. The van der Waals surface area contributed by atoms with Crippen molar-refractivity contribution in [1.82, 2.24) is 19.6 Å². The van der Waals surface area contributed by atoms with E-state index in [0.29, 0.717) is 82.6 Å². The molecule has 0 spiro atoms. The zero-order valence-electron chi connectivity index (χ0n) is 27.9. The topological polar surface area (TPSA) is 140 Å². The van der Waals surface area contributed by atoms with Gasteiger partial charge in [-0.25, -0.2) is 18.0 Å². The maximum atomic E-state index is 14.0. The first kappa shape index (κ1) is 34.0. The van der Waals surface area contributed by atoms with Crippen LogP contribution in [-0.2, 0) is 32.2 Å². The number of rotatable bonds is 6. The van der Waals surface area contributed by atoms with E-state index in [-0.39, 0.29) is 47.7 Å². The number of aryl methyl sites for hydroxylation is 2. The summed E-state index contributed by atoms with van der Waals surface area (Å²) in [6.45, 7) is 7.24. The molecule has 2 N–H and O–H groups in total. The maximum Gasteiger partial charge on any atom is 0.410 e. The molecule has 2 aromatic rings. The molecule has 4 heterocycles. The number of carbonyl (C=O) groups excluding carboxylic acids is 3. The van der Waals surface area contributed by atoms with Crippen molar-refractivity contribution in [2.45, 2.75) is 70.6 Å². The molecular weight excluding hydrogens is 634 g/mol. The van der Waals surface area contributed by atoms with E-state index >= 15 is 0 Å². The van der Waals surface area contributed by atoms with Crippen molar-refractivity contribution in [3.63, 3.8) is 0 Å². The number of fused-ring (bicyclic) bond motifs is 1. The van der Waals surface area contributed by atoms with Crippen molar-refractivity contribution in [1.29, 1.82) is 0 Å². The number of piperazine rings is 1. The first-order chi connectivity index (χ1) is 23.0. The van der Waals surface area contributed by atoms with Gasteiger partial charge in [0.15, 0.2) is 6.10 Å². The number of phenols is 1. The predicted octanol–water partition coefficient (Wildman–Crippen LogP) is 3.33. The molecule has 0 aliphatic carbocycles. The molecule has 260 valence electrons. The molecule has 4 aliphatic heterocycles. The number of amides is 4. The molecule has 3 saturated heterocycles. The Hall–Kier alpha value is -3.84. The number of sulfone groups is 1. The number of phenolic OH excluding ortho intramolecular Hbond substituents is 1. The highest BCUT2D eigenvalue weighted by Gasteiger charge is 2.37. The smallest absolute Gasteiger partial charge is 0.410 e. The number of nitrogens with one attached hydrogen (secondary N) is 1. The van der Waals surface area contributed by atoms with Crippen LogP contribution in [0.4, 0.5) is 15.3 Å². The Morgan fingerprint density at radius 2 is 1.54 bits per heavy atom. The maximum absolute atomic E-state index is 14.0. The normalized spacial score (nSPS) is 21.6. The molecule has 0 bridgehead atoms. The van der Waals surface area contributed by atoms with E-state index < -0.39 is 22.0 Å². The molecule has 13 heteroatoms. The molecule has 0 saturated carbocycles. The monoisotopic (exact) mass is 681 g/mol. The Morgan fingerprint density at radius 1 is 0.896 bits per heavy atom. The lowest BCUT2D eigenvalue weighted by molar-refractivity contribution is -0.143. The van der Waals surface area contributed by atoms with Gasteiger partial charge >= 0.3 is 12.1 Å². The summed E-state index contributed by atoms with van der Waals surface area (Å²) >= 11 is 0. The number of urea groups is 1. The van der Waals surface area contributed by atoms with E-state index in [4.69, 9.17) is 4.74 Å². The van der Waals surface area contributed by atoms with Crippen LogP contribution in [0.2, 0.25) is 0 Å². The van der Waals surface area contributed by atoms with E-state index in [0.717, 1.165) is 23.2 Å². The van der Waals surface area contributed by atoms with Gasteiger partial charge in [-0.15, -0.1) is 0 Å². The summed E-state index contributed by atoms with van der Waals surface area (Å²) in [6.07, 6.45) is 1.79. The summed E-state index contributed by atoms with van der Waals surface area (Å²) in [6, 6.07) is 11.5. The first-order valence-electron chi connectivity index (χ1n) is 17.1. The number of aromatic hydroxyl groups is 1. The molecule has 12 nitrogen and oxygen atoms in total. The van der Waals surface area contributed by atoms with Crippen LogP contribution in [0.25, 0.3) is 0 Å². The second-order valence-corrected chi connectivity index (χ2v) is 16.0. The number of piperidine rings is 1. The fourth-order valence-electron chi connectivity index (χ4n) is 7.61. The lowest BCUT2D eigenvalue weighted by Gasteiger charge is -2.41. The lowest BCUT2D eigenvalue weighted by atomic mass is 10.00. The van der Waals surface area contributed by atoms with E-state index in [1.807, 2.05) is 41.3 Å². The second-order valence-electron chi connectivity index (χ2n) is 13.6. The summed E-state index contributed by atoms with van der Waals surface area (Å²) in [5.41, 5.74) is 4.12. The van der Waals surface area contributed by atoms with E-state index in [1.54, 1.807) is 23.6 Å². The Morgan fingerprint density at radius 3 is 2.21 bits per heavy atom. The van der Waals surface area contributed by atoms with Gasteiger partial charge in [0, 0.05) is 70.0 Å². The zero-order chi connectivity index (χ0) is 34.0. The Kier molecular flexibility index (Phi) is 10.2. The van der Waals surface area contributed by atoms with Crippen LogP contribution >= 0.6 is 0 Å². The standard InChI is InChI=1S/C35H47N5O7S/c1-24-21-26(22-25(2)32(24)41)23-31(33(42)38-17-15-37(16-18-38)28-10-19-48(45,46)20-11-28)47-35(44)39-12-8-29(9-13-39)40-14-7-27-5-3-4-6-30(27)36-34(40)43/h3-6,21-22,28-29,31,41H,7-20,23H2,1-2H3,(H,36,43). The largest absolute Gasteiger partial charge is 0.507 e.